The van der Waals surface area contributed by atoms with Crippen molar-refractivity contribution in [1.29, 1.82) is 0 Å². The first kappa shape index (κ1) is 16.0. The number of carbonyl (C=O) groups excluding carboxylic acids is 1. The van der Waals surface area contributed by atoms with Crippen LogP contribution in [0.3, 0.4) is 0 Å². The lowest BCUT2D eigenvalue weighted by molar-refractivity contribution is 0.171. The molecule has 1 atom stereocenters. The molecule has 122 valence electrons. The molecule has 5 heteroatoms. The van der Waals surface area contributed by atoms with Crippen LogP contribution in [0.1, 0.15) is 13.3 Å². The first-order valence-corrected chi connectivity index (χ1v) is 8.97. The summed E-state index contributed by atoms with van der Waals surface area (Å²) in [7, 11) is 0. The number of urea groups is 1. The SMILES string of the molecule is CCN(C[C@@H]1CCOC1)C(=O)Nc1cccc(-c2ccsc2)c1. The molecule has 0 radical (unpaired) electrons. The van der Waals surface area contributed by atoms with Gasteiger partial charge in [0, 0.05) is 31.3 Å². The van der Waals surface area contributed by atoms with Crippen molar-refractivity contribution in [2.24, 2.45) is 5.92 Å². The van der Waals surface area contributed by atoms with E-state index in [4.69, 9.17) is 4.74 Å². The first-order valence-electron chi connectivity index (χ1n) is 8.02. The summed E-state index contributed by atoms with van der Waals surface area (Å²) in [5.41, 5.74) is 3.14. The van der Waals surface area contributed by atoms with Crippen LogP contribution in [0.5, 0.6) is 0 Å². The van der Waals surface area contributed by atoms with Crippen LogP contribution in [0.4, 0.5) is 10.5 Å². The lowest BCUT2D eigenvalue weighted by atomic mass is 10.1. The number of rotatable bonds is 5. The molecule has 1 aromatic carbocycles. The highest BCUT2D eigenvalue weighted by atomic mass is 32.1. The van der Waals surface area contributed by atoms with Crippen molar-refractivity contribution in [3.63, 3.8) is 0 Å². The van der Waals surface area contributed by atoms with Crippen molar-refractivity contribution in [1.82, 2.24) is 4.90 Å². The first-order chi connectivity index (χ1) is 11.3. The van der Waals surface area contributed by atoms with Crippen LogP contribution >= 0.6 is 11.3 Å². The van der Waals surface area contributed by atoms with Crippen LogP contribution in [0.2, 0.25) is 0 Å². The van der Waals surface area contributed by atoms with Crippen LogP contribution in [-0.4, -0.2) is 37.2 Å². The molecule has 23 heavy (non-hydrogen) atoms. The Hall–Kier alpha value is -1.85. The van der Waals surface area contributed by atoms with Crippen LogP contribution in [0.25, 0.3) is 11.1 Å². The summed E-state index contributed by atoms with van der Waals surface area (Å²) < 4.78 is 5.40. The molecule has 1 fully saturated rings. The van der Waals surface area contributed by atoms with E-state index in [-0.39, 0.29) is 6.03 Å². The molecule has 1 aromatic heterocycles. The van der Waals surface area contributed by atoms with E-state index in [1.807, 2.05) is 30.0 Å². The second-order valence-corrected chi connectivity index (χ2v) is 6.57. The van der Waals surface area contributed by atoms with Crippen LogP contribution in [0, 0.1) is 5.92 Å². The minimum absolute atomic E-state index is 0.0399. The molecule has 0 spiro atoms. The van der Waals surface area contributed by atoms with E-state index in [2.05, 4.69) is 28.2 Å². The highest BCUT2D eigenvalue weighted by molar-refractivity contribution is 7.08. The molecule has 0 bridgehead atoms. The van der Waals surface area contributed by atoms with Gasteiger partial charge in [0.25, 0.3) is 0 Å². The number of carbonyl (C=O) groups is 1. The van der Waals surface area contributed by atoms with Crippen LogP contribution in [-0.2, 0) is 4.74 Å². The van der Waals surface area contributed by atoms with Gasteiger partial charge in [0.1, 0.15) is 0 Å². The molecule has 4 nitrogen and oxygen atoms in total. The highest BCUT2D eigenvalue weighted by Gasteiger charge is 2.21. The Morgan fingerprint density at radius 3 is 3.00 bits per heavy atom. The van der Waals surface area contributed by atoms with Gasteiger partial charge in [-0.1, -0.05) is 12.1 Å². The van der Waals surface area contributed by atoms with Gasteiger partial charge in [0.15, 0.2) is 0 Å². The Kier molecular flexibility index (Phi) is 5.31. The molecule has 2 heterocycles. The summed E-state index contributed by atoms with van der Waals surface area (Å²) >= 11 is 1.67. The average Bonchev–Trinajstić information content (AvgIpc) is 3.26. The Bertz CT molecular complexity index is 636. The maximum absolute atomic E-state index is 12.5. The quantitative estimate of drug-likeness (QED) is 0.888. The monoisotopic (exact) mass is 330 g/mol. The van der Waals surface area contributed by atoms with Crippen molar-refractivity contribution in [2.75, 3.05) is 31.6 Å². The smallest absolute Gasteiger partial charge is 0.321 e. The Morgan fingerprint density at radius 2 is 2.30 bits per heavy atom. The van der Waals surface area contributed by atoms with Gasteiger partial charge in [0.05, 0.1) is 6.61 Å². The zero-order chi connectivity index (χ0) is 16.1. The summed E-state index contributed by atoms with van der Waals surface area (Å²) in [6, 6.07) is 10.0. The van der Waals surface area contributed by atoms with Crippen molar-refractivity contribution < 1.29 is 9.53 Å². The maximum Gasteiger partial charge on any atom is 0.321 e. The number of amides is 2. The van der Waals surface area contributed by atoms with E-state index in [0.717, 1.165) is 37.4 Å². The number of ether oxygens (including phenoxy) is 1. The fraction of sp³-hybridized carbons (Fsp3) is 0.389. The molecule has 3 rings (SSSR count). The number of benzene rings is 1. The maximum atomic E-state index is 12.5. The van der Waals surface area contributed by atoms with Crippen molar-refractivity contribution in [3.05, 3.63) is 41.1 Å². The molecular formula is C18H22N2O2S. The summed E-state index contributed by atoms with van der Waals surface area (Å²) in [6.07, 6.45) is 1.04. The van der Waals surface area contributed by atoms with E-state index in [1.165, 1.54) is 5.56 Å². The number of hydrogen-bond donors (Lipinski definition) is 1. The Morgan fingerprint density at radius 1 is 1.39 bits per heavy atom. The molecule has 1 aliphatic heterocycles. The third kappa shape index (κ3) is 4.12. The van der Waals surface area contributed by atoms with E-state index in [1.54, 1.807) is 11.3 Å². The standard InChI is InChI=1S/C18H22N2O2S/c1-2-20(11-14-6-8-22-12-14)18(21)19-17-5-3-4-15(10-17)16-7-9-23-13-16/h3-5,7,9-10,13-14H,2,6,8,11-12H2,1H3,(H,19,21)/t14-/m0/s1. The Balaban J connectivity index is 1.65. The predicted molar refractivity (Wildman–Crippen MR) is 94.9 cm³/mol. The van der Waals surface area contributed by atoms with Gasteiger partial charge in [-0.2, -0.15) is 11.3 Å². The Labute approximate surface area is 141 Å². The molecule has 0 aliphatic carbocycles. The zero-order valence-corrected chi connectivity index (χ0v) is 14.1. The topological polar surface area (TPSA) is 41.6 Å². The van der Waals surface area contributed by atoms with Gasteiger partial charge >= 0.3 is 6.03 Å². The summed E-state index contributed by atoms with van der Waals surface area (Å²) in [6.45, 7) is 5.04. The number of thiophene rings is 1. The van der Waals surface area contributed by atoms with Gasteiger partial charge < -0.3 is 15.0 Å². The highest BCUT2D eigenvalue weighted by Crippen LogP contribution is 2.25. The average molecular weight is 330 g/mol. The third-order valence-electron chi connectivity index (χ3n) is 4.14. The van der Waals surface area contributed by atoms with Gasteiger partial charge in [-0.3, -0.25) is 0 Å². The second-order valence-electron chi connectivity index (χ2n) is 5.79. The number of nitrogens with one attached hydrogen (secondary N) is 1. The summed E-state index contributed by atoms with van der Waals surface area (Å²) in [5, 5.41) is 7.19. The zero-order valence-electron chi connectivity index (χ0n) is 13.3. The lowest BCUT2D eigenvalue weighted by Gasteiger charge is -2.24. The minimum atomic E-state index is -0.0399. The van der Waals surface area contributed by atoms with E-state index in [0.29, 0.717) is 12.5 Å². The molecule has 0 unspecified atom stereocenters. The molecule has 1 aliphatic rings. The lowest BCUT2D eigenvalue weighted by Crippen LogP contribution is -2.38. The number of hydrogen-bond acceptors (Lipinski definition) is 3. The molecular weight excluding hydrogens is 308 g/mol. The minimum Gasteiger partial charge on any atom is -0.381 e. The number of anilines is 1. The van der Waals surface area contributed by atoms with Gasteiger partial charge in [-0.05, 0) is 53.4 Å². The fourth-order valence-electron chi connectivity index (χ4n) is 2.80. The summed E-state index contributed by atoms with van der Waals surface area (Å²) in [4.78, 5) is 14.4. The van der Waals surface area contributed by atoms with Crippen molar-refractivity contribution in [2.45, 2.75) is 13.3 Å². The molecule has 0 saturated carbocycles. The van der Waals surface area contributed by atoms with Crippen molar-refractivity contribution >= 4 is 23.1 Å². The predicted octanol–water partition coefficient (Wildman–Crippen LogP) is 4.31. The molecule has 2 amide bonds. The van der Waals surface area contributed by atoms with Crippen LogP contribution in [0.15, 0.2) is 41.1 Å². The molecule has 1 N–H and O–H groups in total. The fourth-order valence-corrected chi connectivity index (χ4v) is 3.47. The van der Waals surface area contributed by atoms with Gasteiger partial charge in [-0.15, -0.1) is 0 Å². The molecule has 2 aromatic rings. The summed E-state index contributed by atoms with van der Waals surface area (Å²) in [5.74, 6) is 0.456. The van der Waals surface area contributed by atoms with Gasteiger partial charge in [-0.25, -0.2) is 4.79 Å². The van der Waals surface area contributed by atoms with Gasteiger partial charge in [0.2, 0.25) is 0 Å². The van der Waals surface area contributed by atoms with E-state index < -0.39 is 0 Å². The third-order valence-corrected chi connectivity index (χ3v) is 4.82. The van der Waals surface area contributed by atoms with E-state index >= 15 is 0 Å². The number of nitrogens with zero attached hydrogens (tertiary/aromatic N) is 1. The van der Waals surface area contributed by atoms with E-state index in [9.17, 15) is 4.79 Å². The normalized spacial score (nSPS) is 17.2. The largest absolute Gasteiger partial charge is 0.381 e. The van der Waals surface area contributed by atoms with Crippen molar-refractivity contribution in [3.8, 4) is 11.1 Å². The molecule has 1 saturated heterocycles. The van der Waals surface area contributed by atoms with Crippen LogP contribution < -0.4 is 5.32 Å². The second kappa shape index (κ2) is 7.62.